The highest BCUT2D eigenvalue weighted by Crippen LogP contribution is 2.34. The minimum Gasteiger partial charge on any atom is -0.457 e. The van der Waals surface area contributed by atoms with E-state index in [0.717, 1.165) is 26.5 Å². The Kier molecular flexibility index (Phi) is 7.16. The quantitative estimate of drug-likeness (QED) is 0.171. The number of anilines is 1. The molecule has 5 rings (SSSR count). The summed E-state index contributed by atoms with van der Waals surface area (Å²) < 4.78 is 6.90. The number of hydrogen-bond acceptors (Lipinski definition) is 5. The first-order chi connectivity index (χ1) is 17.5. The van der Waals surface area contributed by atoms with Gasteiger partial charge >= 0.3 is 0 Å². The van der Waals surface area contributed by atoms with Gasteiger partial charge in [-0.3, -0.25) is 10.1 Å². The number of fused-ring (bicyclic) bond motifs is 1. The van der Waals surface area contributed by atoms with E-state index in [1.807, 2.05) is 54.6 Å². The van der Waals surface area contributed by atoms with Crippen molar-refractivity contribution in [2.45, 2.75) is 0 Å². The van der Waals surface area contributed by atoms with Crippen molar-refractivity contribution in [1.29, 1.82) is 0 Å². The summed E-state index contributed by atoms with van der Waals surface area (Å²) in [6.45, 7) is 0. The zero-order valence-electron chi connectivity index (χ0n) is 18.5. The molecule has 5 aromatic rings. The second-order valence-electron chi connectivity index (χ2n) is 7.65. The van der Waals surface area contributed by atoms with Gasteiger partial charge in [-0.2, -0.15) is 0 Å². The third-order valence-corrected chi connectivity index (χ3v) is 7.25. The zero-order chi connectivity index (χ0) is 25.1. The van der Waals surface area contributed by atoms with Crippen LogP contribution < -0.4 is 10.6 Å². The van der Waals surface area contributed by atoms with Crippen LogP contribution in [0.4, 0.5) is 5.69 Å². The molecule has 0 aliphatic carbocycles. The largest absolute Gasteiger partial charge is 0.457 e. The number of rotatable bonds is 5. The minimum atomic E-state index is -0.395. The van der Waals surface area contributed by atoms with E-state index in [4.69, 9.17) is 44.8 Å². The highest BCUT2D eigenvalue weighted by Gasteiger charge is 2.11. The van der Waals surface area contributed by atoms with Gasteiger partial charge in [0.25, 0.3) is 0 Å². The van der Waals surface area contributed by atoms with Crippen molar-refractivity contribution in [1.82, 2.24) is 10.3 Å². The number of nitrogens with one attached hydrogen (secondary N) is 2. The molecule has 0 saturated heterocycles. The number of thiocarbonyl (C=S) groups is 1. The second kappa shape index (κ2) is 10.6. The molecule has 2 heterocycles. The van der Waals surface area contributed by atoms with Crippen molar-refractivity contribution in [2.24, 2.45) is 0 Å². The second-order valence-corrected chi connectivity index (χ2v) is 9.87. The van der Waals surface area contributed by atoms with Crippen molar-refractivity contribution in [2.75, 3.05) is 5.32 Å². The first-order valence-corrected chi connectivity index (χ1v) is 12.7. The lowest BCUT2D eigenvalue weighted by molar-refractivity contribution is -0.115. The molecule has 0 aliphatic heterocycles. The molecule has 1 amide bonds. The molecular weight excluding hydrogens is 533 g/mol. The van der Waals surface area contributed by atoms with Gasteiger partial charge in [0.05, 0.1) is 20.3 Å². The number of para-hydroxylation sites is 1. The number of hydrogen-bond donors (Lipinski definition) is 2. The van der Waals surface area contributed by atoms with Crippen LogP contribution in [0.5, 0.6) is 0 Å². The molecule has 3 aromatic carbocycles. The van der Waals surface area contributed by atoms with E-state index < -0.39 is 5.91 Å². The first kappa shape index (κ1) is 24.2. The van der Waals surface area contributed by atoms with Crippen LogP contribution in [0.3, 0.4) is 0 Å². The Labute approximate surface area is 226 Å². The van der Waals surface area contributed by atoms with Gasteiger partial charge < -0.3 is 9.73 Å². The van der Waals surface area contributed by atoms with Crippen molar-refractivity contribution in [3.8, 4) is 21.9 Å². The summed E-state index contributed by atoms with van der Waals surface area (Å²) in [5.41, 5.74) is 3.34. The molecule has 178 valence electrons. The number of halogens is 2. The number of nitrogens with zero attached hydrogens (tertiary/aromatic N) is 1. The summed E-state index contributed by atoms with van der Waals surface area (Å²) in [5.74, 6) is 0.639. The SMILES string of the molecule is O=C(C=Cc1ccc(-c2cccc(Cl)c2Cl)o1)NC(=S)Nc1cccc(-c2nc3ccccc3s2)c1. The fraction of sp³-hybridized carbons (Fsp3) is 0. The van der Waals surface area contributed by atoms with Crippen molar-refractivity contribution in [3.05, 3.63) is 101 Å². The van der Waals surface area contributed by atoms with Crippen LogP contribution in [-0.2, 0) is 4.79 Å². The predicted octanol–water partition coefficient (Wildman–Crippen LogP) is 8.06. The van der Waals surface area contributed by atoms with Gasteiger partial charge in [0.15, 0.2) is 5.11 Å². The Morgan fingerprint density at radius 1 is 1.00 bits per heavy atom. The molecule has 9 heteroatoms. The summed E-state index contributed by atoms with van der Waals surface area (Å²) >= 11 is 19.3. The molecule has 5 nitrogen and oxygen atoms in total. The van der Waals surface area contributed by atoms with Crippen LogP contribution in [0, 0.1) is 0 Å². The maximum absolute atomic E-state index is 12.4. The third-order valence-electron chi connectivity index (χ3n) is 5.14. The normalized spacial score (nSPS) is 11.2. The van der Waals surface area contributed by atoms with Crippen LogP contribution >= 0.6 is 46.8 Å². The molecule has 0 spiro atoms. The van der Waals surface area contributed by atoms with Gasteiger partial charge in [-0.1, -0.05) is 53.5 Å². The van der Waals surface area contributed by atoms with Gasteiger partial charge in [0.1, 0.15) is 16.5 Å². The lowest BCUT2D eigenvalue weighted by atomic mass is 10.2. The van der Waals surface area contributed by atoms with E-state index >= 15 is 0 Å². The molecule has 2 aromatic heterocycles. The number of amides is 1. The van der Waals surface area contributed by atoms with Crippen molar-refractivity contribution in [3.63, 3.8) is 0 Å². The number of aromatic nitrogens is 1. The van der Waals surface area contributed by atoms with Crippen LogP contribution in [0.25, 0.3) is 38.2 Å². The minimum absolute atomic E-state index is 0.178. The lowest BCUT2D eigenvalue weighted by Crippen LogP contribution is -2.32. The van der Waals surface area contributed by atoms with Crippen LogP contribution in [0.1, 0.15) is 5.76 Å². The molecule has 2 N–H and O–H groups in total. The first-order valence-electron chi connectivity index (χ1n) is 10.8. The molecule has 0 bridgehead atoms. The summed E-state index contributed by atoms with van der Waals surface area (Å²) in [4.78, 5) is 17.1. The standard InChI is InChI=1S/C27H17Cl2N3O2S2/c28-20-8-4-7-19(25(20)29)22-13-11-18(34-22)12-14-24(33)32-27(35)30-17-6-3-5-16(15-17)26-31-21-9-1-2-10-23(21)36-26/h1-15H,(H2,30,32,33,35). The molecule has 0 saturated carbocycles. The predicted molar refractivity (Wildman–Crippen MR) is 153 cm³/mol. The van der Waals surface area contributed by atoms with Gasteiger partial charge in [-0.25, -0.2) is 4.98 Å². The monoisotopic (exact) mass is 549 g/mol. The number of carbonyl (C=O) groups excluding carboxylic acids is 1. The Bertz CT molecular complexity index is 1590. The maximum Gasteiger partial charge on any atom is 0.250 e. The van der Waals surface area contributed by atoms with E-state index in [1.165, 1.54) is 6.08 Å². The maximum atomic E-state index is 12.4. The summed E-state index contributed by atoms with van der Waals surface area (Å²) in [6, 6.07) is 24.5. The average Bonchev–Trinajstić information content (AvgIpc) is 3.52. The van der Waals surface area contributed by atoms with Gasteiger partial charge in [-0.15, -0.1) is 11.3 Å². The van der Waals surface area contributed by atoms with Gasteiger partial charge in [0, 0.05) is 22.9 Å². The number of thiazole rings is 1. The Morgan fingerprint density at radius 3 is 2.69 bits per heavy atom. The van der Waals surface area contributed by atoms with Gasteiger partial charge in [-0.05, 0) is 66.8 Å². The topological polar surface area (TPSA) is 67.2 Å². The van der Waals surface area contributed by atoms with E-state index in [2.05, 4.69) is 10.6 Å². The van der Waals surface area contributed by atoms with E-state index in [9.17, 15) is 4.79 Å². The zero-order valence-corrected chi connectivity index (χ0v) is 21.6. The van der Waals surface area contributed by atoms with E-state index in [0.29, 0.717) is 27.1 Å². The highest BCUT2D eigenvalue weighted by atomic mass is 35.5. The van der Waals surface area contributed by atoms with Gasteiger partial charge in [0.2, 0.25) is 5.91 Å². The van der Waals surface area contributed by atoms with Crippen molar-refractivity contribution < 1.29 is 9.21 Å². The molecule has 0 fully saturated rings. The van der Waals surface area contributed by atoms with Crippen LogP contribution in [-0.4, -0.2) is 16.0 Å². The fourth-order valence-electron chi connectivity index (χ4n) is 3.48. The third kappa shape index (κ3) is 5.50. The van der Waals surface area contributed by atoms with Crippen LogP contribution in [0.15, 0.2) is 89.4 Å². The Hall–Kier alpha value is -3.49. The number of furan rings is 1. The summed E-state index contributed by atoms with van der Waals surface area (Å²) in [6.07, 6.45) is 2.89. The lowest BCUT2D eigenvalue weighted by Gasteiger charge is -2.09. The van der Waals surface area contributed by atoms with Crippen LogP contribution in [0.2, 0.25) is 10.0 Å². The van der Waals surface area contributed by atoms with E-state index in [-0.39, 0.29) is 5.11 Å². The average molecular weight is 550 g/mol. The number of carbonyl (C=O) groups is 1. The molecule has 36 heavy (non-hydrogen) atoms. The Balaban J connectivity index is 1.21. The Morgan fingerprint density at radius 2 is 1.83 bits per heavy atom. The molecule has 0 radical (unpaired) electrons. The highest BCUT2D eigenvalue weighted by molar-refractivity contribution is 7.80. The summed E-state index contributed by atoms with van der Waals surface area (Å²) in [7, 11) is 0. The van der Waals surface area contributed by atoms with E-state index in [1.54, 1.807) is 41.7 Å². The molecule has 0 atom stereocenters. The van der Waals surface area contributed by atoms with Crippen molar-refractivity contribution >= 4 is 79.8 Å². The fourth-order valence-corrected chi connectivity index (χ4v) is 5.05. The molecular formula is C27H17Cl2N3O2S2. The smallest absolute Gasteiger partial charge is 0.250 e. The molecule has 0 unspecified atom stereocenters. The number of benzene rings is 3. The summed E-state index contributed by atoms with van der Waals surface area (Å²) in [5, 5.41) is 7.62. The molecule has 0 aliphatic rings.